The van der Waals surface area contributed by atoms with Gasteiger partial charge >= 0.3 is 0 Å². The van der Waals surface area contributed by atoms with Gasteiger partial charge in [-0.2, -0.15) is 0 Å². The molecule has 0 saturated carbocycles. The van der Waals surface area contributed by atoms with Crippen LogP contribution in [0.2, 0.25) is 0 Å². The summed E-state index contributed by atoms with van der Waals surface area (Å²) in [7, 11) is 5.97. The van der Waals surface area contributed by atoms with Crippen LogP contribution in [0.1, 0.15) is 59.4 Å². The number of methoxy groups -OCH3 is 1. The van der Waals surface area contributed by atoms with Gasteiger partial charge < -0.3 is 14.6 Å². The first-order valence-corrected chi connectivity index (χ1v) is 13.3. The molecule has 0 radical (unpaired) electrons. The lowest BCUT2D eigenvalue weighted by Crippen LogP contribution is -2.44. The van der Waals surface area contributed by atoms with Crippen molar-refractivity contribution in [1.29, 1.82) is 0 Å². The molecule has 0 aliphatic carbocycles. The summed E-state index contributed by atoms with van der Waals surface area (Å²) in [5, 5.41) is 1.27. The van der Waals surface area contributed by atoms with Crippen molar-refractivity contribution >= 4 is 16.8 Å². The molecule has 4 aromatic rings. The molecule has 192 valence electrons. The molecular weight excluding hydrogens is 458 g/mol. The Bertz CT molecular complexity index is 1380. The first-order valence-electron chi connectivity index (χ1n) is 13.3. The van der Waals surface area contributed by atoms with Gasteiger partial charge in [0.25, 0.3) is 5.91 Å². The van der Waals surface area contributed by atoms with Gasteiger partial charge in [0.05, 0.1) is 18.7 Å². The van der Waals surface area contributed by atoms with Gasteiger partial charge in [0.1, 0.15) is 5.75 Å². The van der Waals surface area contributed by atoms with Crippen molar-refractivity contribution in [2.24, 2.45) is 0 Å². The van der Waals surface area contributed by atoms with Crippen LogP contribution < -0.4 is 4.74 Å². The molecule has 0 fully saturated rings. The van der Waals surface area contributed by atoms with E-state index < -0.39 is 0 Å². The van der Waals surface area contributed by atoms with Crippen LogP contribution in [-0.2, 0) is 12.0 Å². The first kappa shape index (κ1) is 25.1. The zero-order valence-corrected chi connectivity index (χ0v) is 22.3. The Morgan fingerprint density at radius 3 is 2.46 bits per heavy atom. The van der Waals surface area contributed by atoms with E-state index in [1.165, 1.54) is 22.2 Å². The molecule has 2 unspecified atom stereocenters. The summed E-state index contributed by atoms with van der Waals surface area (Å²) in [5.41, 5.74) is 5.47. The highest BCUT2D eigenvalue weighted by atomic mass is 16.5. The highest BCUT2D eigenvalue weighted by molar-refractivity contribution is 5.97. The highest BCUT2D eigenvalue weighted by Gasteiger charge is 2.38. The van der Waals surface area contributed by atoms with Gasteiger partial charge in [0.15, 0.2) is 0 Å². The summed E-state index contributed by atoms with van der Waals surface area (Å²) < 4.78 is 5.57. The molecule has 5 rings (SSSR count). The monoisotopic (exact) mass is 495 g/mol. The lowest BCUT2D eigenvalue weighted by molar-refractivity contribution is 0.0589. The molecule has 2 heterocycles. The van der Waals surface area contributed by atoms with Crippen LogP contribution in [-0.4, -0.2) is 48.4 Å². The summed E-state index contributed by atoms with van der Waals surface area (Å²) in [6.07, 6.45) is 3.59. The minimum Gasteiger partial charge on any atom is -0.496 e. The Kier molecular flexibility index (Phi) is 7.07. The number of benzene rings is 3. The highest BCUT2D eigenvalue weighted by Crippen LogP contribution is 2.43. The normalized spacial score (nSPS) is 17.0. The predicted octanol–water partition coefficient (Wildman–Crippen LogP) is 6.56. The SMILES string of the molecule is CCC(CCC1c2[nH]c3ccccc3c2CCN1C(=O)c1ccccc1OC)(c1ccccc1)N(C)C. The van der Waals surface area contributed by atoms with E-state index in [2.05, 4.69) is 90.4 Å². The van der Waals surface area contributed by atoms with Crippen LogP contribution in [0.3, 0.4) is 0 Å². The van der Waals surface area contributed by atoms with E-state index in [1.807, 2.05) is 24.3 Å². The molecule has 0 saturated heterocycles. The van der Waals surface area contributed by atoms with E-state index in [-0.39, 0.29) is 17.5 Å². The summed E-state index contributed by atoms with van der Waals surface area (Å²) in [6.45, 7) is 2.95. The van der Waals surface area contributed by atoms with Gasteiger partial charge in [-0.05, 0) is 69.1 Å². The maximum absolute atomic E-state index is 14.0. The van der Waals surface area contributed by atoms with Crippen molar-refractivity contribution in [2.75, 3.05) is 27.7 Å². The average molecular weight is 496 g/mol. The first-order chi connectivity index (χ1) is 18.0. The molecule has 5 nitrogen and oxygen atoms in total. The number of nitrogens with zero attached hydrogens (tertiary/aromatic N) is 2. The molecule has 5 heteroatoms. The van der Waals surface area contributed by atoms with Gasteiger partial charge in [-0.25, -0.2) is 0 Å². The predicted molar refractivity (Wildman–Crippen MR) is 150 cm³/mol. The fourth-order valence-corrected chi connectivity index (χ4v) is 6.29. The molecular formula is C32H37N3O2. The van der Waals surface area contributed by atoms with Crippen molar-refractivity contribution in [3.8, 4) is 5.75 Å². The van der Waals surface area contributed by atoms with Crippen molar-refractivity contribution in [3.05, 3.63) is 101 Å². The van der Waals surface area contributed by atoms with Gasteiger partial charge in [-0.15, -0.1) is 0 Å². The number of carbonyl (C=O) groups excluding carboxylic acids is 1. The van der Waals surface area contributed by atoms with Crippen LogP contribution in [0.4, 0.5) is 0 Å². The maximum atomic E-state index is 14.0. The average Bonchev–Trinajstić information content (AvgIpc) is 3.32. The molecule has 1 aromatic heterocycles. The molecule has 0 spiro atoms. The zero-order chi connectivity index (χ0) is 26.0. The quantitative estimate of drug-likeness (QED) is 0.301. The third kappa shape index (κ3) is 4.42. The van der Waals surface area contributed by atoms with Crippen LogP contribution in [0.15, 0.2) is 78.9 Å². The van der Waals surface area contributed by atoms with E-state index in [4.69, 9.17) is 4.74 Å². The Morgan fingerprint density at radius 1 is 1.03 bits per heavy atom. The molecule has 2 atom stereocenters. The number of aromatic amines is 1. The fourth-order valence-electron chi connectivity index (χ4n) is 6.29. The molecule has 1 N–H and O–H groups in total. The van der Waals surface area contributed by atoms with Crippen molar-refractivity contribution < 1.29 is 9.53 Å². The van der Waals surface area contributed by atoms with E-state index >= 15 is 0 Å². The Morgan fingerprint density at radius 2 is 1.73 bits per heavy atom. The number of H-pyrrole nitrogens is 1. The van der Waals surface area contributed by atoms with E-state index in [1.54, 1.807) is 7.11 Å². The van der Waals surface area contributed by atoms with Gasteiger partial charge in [-0.3, -0.25) is 9.69 Å². The molecule has 3 aromatic carbocycles. The summed E-state index contributed by atoms with van der Waals surface area (Å²) >= 11 is 0. The maximum Gasteiger partial charge on any atom is 0.258 e. The molecule has 0 bridgehead atoms. The number of rotatable bonds is 8. The molecule has 37 heavy (non-hydrogen) atoms. The summed E-state index contributed by atoms with van der Waals surface area (Å²) in [5.74, 6) is 0.646. The van der Waals surface area contributed by atoms with E-state index in [9.17, 15) is 4.79 Å². The van der Waals surface area contributed by atoms with Gasteiger partial charge in [0.2, 0.25) is 0 Å². The van der Waals surface area contributed by atoms with E-state index in [0.29, 0.717) is 17.9 Å². The lowest BCUT2D eigenvalue weighted by Gasteiger charge is -2.43. The Labute approximate surface area is 220 Å². The van der Waals surface area contributed by atoms with E-state index in [0.717, 1.165) is 31.2 Å². The van der Waals surface area contributed by atoms with Crippen molar-refractivity contribution in [1.82, 2.24) is 14.8 Å². The molecule has 1 amide bonds. The lowest BCUT2D eigenvalue weighted by atomic mass is 9.79. The summed E-state index contributed by atoms with van der Waals surface area (Å²) in [6, 6.07) is 26.8. The minimum atomic E-state index is -0.121. The Balaban J connectivity index is 1.57. The van der Waals surface area contributed by atoms with Crippen LogP contribution in [0.25, 0.3) is 10.9 Å². The number of nitrogens with one attached hydrogen (secondary N) is 1. The molecule has 1 aliphatic heterocycles. The number of hydrogen-bond donors (Lipinski definition) is 1. The number of amides is 1. The number of ether oxygens (including phenoxy) is 1. The standard InChI is InChI=1S/C32H37N3O2/c1-5-32(34(2)3,23-13-7-6-8-14-23)21-19-28-30-25(24-15-9-11-17-27(24)33-30)20-22-35(28)31(36)26-16-10-12-18-29(26)37-4/h6-18,28,33H,5,19-22H2,1-4H3. The van der Waals surface area contributed by atoms with Gasteiger partial charge in [-0.1, -0.05) is 67.6 Å². The third-order valence-corrected chi connectivity index (χ3v) is 8.34. The summed E-state index contributed by atoms with van der Waals surface area (Å²) in [4.78, 5) is 22.2. The minimum absolute atomic E-state index is 0.0263. The second kappa shape index (κ2) is 10.4. The van der Waals surface area contributed by atoms with Crippen molar-refractivity contribution in [2.45, 2.75) is 44.2 Å². The second-order valence-electron chi connectivity index (χ2n) is 10.2. The third-order valence-electron chi connectivity index (χ3n) is 8.34. The van der Waals surface area contributed by atoms with Crippen LogP contribution in [0.5, 0.6) is 5.75 Å². The van der Waals surface area contributed by atoms with Gasteiger partial charge in [0, 0.05) is 28.7 Å². The molecule has 1 aliphatic rings. The smallest absolute Gasteiger partial charge is 0.258 e. The number of para-hydroxylation sites is 2. The number of hydrogen-bond acceptors (Lipinski definition) is 3. The second-order valence-corrected chi connectivity index (χ2v) is 10.2. The van der Waals surface area contributed by atoms with Crippen LogP contribution >= 0.6 is 0 Å². The van der Waals surface area contributed by atoms with Crippen molar-refractivity contribution in [3.63, 3.8) is 0 Å². The van der Waals surface area contributed by atoms with Crippen LogP contribution in [0, 0.1) is 0 Å². The zero-order valence-electron chi connectivity index (χ0n) is 22.3. The number of fused-ring (bicyclic) bond motifs is 3. The Hall–Kier alpha value is -3.57. The number of carbonyl (C=O) groups is 1. The fraction of sp³-hybridized carbons (Fsp3) is 0.344. The largest absolute Gasteiger partial charge is 0.496 e. The topological polar surface area (TPSA) is 48.6 Å². The number of aromatic nitrogens is 1.